The van der Waals surface area contributed by atoms with Crippen LogP contribution in [0.4, 0.5) is 9.59 Å². The van der Waals surface area contributed by atoms with Crippen molar-refractivity contribution in [1.82, 2.24) is 15.5 Å². The van der Waals surface area contributed by atoms with Crippen molar-refractivity contribution in [1.29, 1.82) is 0 Å². The number of likely N-dealkylation sites (tertiary alicyclic amines) is 1. The van der Waals surface area contributed by atoms with Gasteiger partial charge in [-0.05, 0) is 64.2 Å². The lowest BCUT2D eigenvalue weighted by molar-refractivity contribution is 0.0509. The van der Waals surface area contributed by atoms with E-state index in [0.29, 0.717) is 13.1 Å². The first kappa shape index (κ1) is 27.5. The third kappa shape index (κ3) is 9.19. The normalized spacial score (nSPS) is 18.5. The van der Waals surface area contributed by atoms with Crippen LogP contribution in [0.1, 0.15) is 64.2 Å². The number of nitrogens with one attached hydrogen (secondary N) is 2. The molecule has 2 N–H and O–H groups in total. The molecule has 1 aliphatic heterocycles. The van der Waals surface area contributed by atoms with Crippen LogP contribution in [0.5, 0.6) is 0 Å². The molecule has 0 radical (unpaired) electrons. The third-order valence-corrected chi connectivity index (χ3v) is 5.89. The smallest absolute Gasteiger partial charge is 0.407 e. The molecule has 0 spiro atoms. The van der Waals surface area contributed by atoms with Crippen LogP contribution in [0.3, 0.4) is 0 Å². The molecule has 0 saturated carbocycles. The highest BCUT2D eigenvalue weighted by molar-refractivity contribution is 5.68. The maximum absolute atomic E-state index is 12.3. The summed E-state index contributed by atoms with van der Waals surface area (Å²) in [6.07, 6.45) is -0.819. The van der Waals surface area contributed by atoms with E-state index in [4.69, 9.17) is 9.47 Å². The number of hydrogen-bond donors (Lipinski definition) is 2. The van der Waals surface area contributed by atoms with Crippen molar-refractivity contribution in [2.75, 3.05) is 19.6 Å². The summed E-state index contributed by atoms with van der Waals surface area (Å²) in [5.41, 5.74) is 2.41. The zero-order valence-electron chi connectivity index (χ0n) is 22.5. The quantitative estimate of drug-likeness (QED) is 0.534. The molecule has 2 atom stereocenters. The molecule has 1 fully saturated rings. The maximum atomic E-state index is 12.3. The number of amides is 2. The second-order valence-corrected chi connectivity index (χ2v) is 11.5. The number of carbonyl (C=O) groups excluding carboxylic acids is 2. The molecule has 2 amide bonds. The van der Waals surface area contributed by atoms with Gasteiger partial charge in [0.25, 0.3) is 0 Å². The van der Waals surface area contributed by atoms with Crippen LogP contribution in [-0.4, -0.2) is 47.9 Å². The highest BCUT2D eigenvalue weighted by Gasteiger charge is 2.34. The Morgan fingerprint density at radius 2 is 1.44 bits per heavy atom. The van der Waals surface area contributed by atoms with Crippen LogP contribution in [0, 0.1) is 5.92 Å². The topological polar surface area (TPSA) is 79.9 Å². The first-order valence-electron chi connectivity index (χ1n) is 12.7. The van der Waals surface area contributed by atoms with Crippen molar-refractivity contribution in [2.24, 2.45) is 5.92 Å². The van der Waals surface area contributed by atoms with Gasteiger partial charge in [-0.1, -0.05) is 54.6 Å². The zero-order valence-corrected chi connectivity index (χ0v) is 22.5. The molecule has 1 saturated heterocycles. The van der Waals surface area contributed by atoms with Gasteiger partial charge in [0, 0.05) is 38.6 Å². The van der Waals surface area contributed by atoms with Crippen LogP contribution in [0.2, 0.25) is 0 Å². The van der Waals surface area contributed by atoms with Gasteiger partial charge in [0.2, 0.25) is 0 Å². The monoisotopic (exact) mass is 495 g/mol. The summed E-state index contributed by atoms with van der Waals surface area (Å²) < 4.78 is 10.8. The number of hydrogen-bond acceptors (Lipinski definition) is 5. The average Bonchev–Trinajstić information content (AvgIpc) is 3.17. The summed E-state index contributed by atoms with van der Waals surface area (Å²) in [5.74, 6) is 0.473. The predicted molar refractivity (Wildman–Crippen MR) is 142 cm³/mol. The molecular weight excluding hydrogens is 454 g/mol. The Labute approximate surface area is 215 Å². The van der Waals surface area contributed by atoms with Crippen LogP contribution in [0.25, 0.3) is 0 Å². The van der Waals surface area contributed by atoms with Gasteiger partial charge >= 0.3 is 12.2 Å². The first-order chi connectivity index (χ1) is 16.9. The molecule has 3 rings (SSSR count). The van der Waals surface area contributed by atoms with Gasteiger partial charge in [0.05, 0.1) is 0 Å². The Kier molecular flexibility index (Phi) is 9.01. The third-order valence-electron chi connectivity index (χ3n) is 5.89. The van der Waals surface area contributed by atoms with Crippen molar-refractivity contribution in [3.8, 4) is 0 Å². The molecule has 2 aromatic rings. The molecule has 0 bridgehead atoms. The molecule has 0 aliphatic carbocycles. The molecule has 196 valence electrons. The Balaban J connectivity index is 1.70. The Bertz CT molecular complexity index is 1010. The SMILES string of the molecule is CC(C)(C)OC(=O)NCc1cccc([C@H]2CN(Cc3ccccc3)C[C@@H]2CNC(=O)OC(C)(C)C)c1. The zero-order chi connectivity index (χ0) is 26.3. The molecule has 0 aromatic heterocycles. The Morgan fingerprint density at radius 3 is 2.08 bits per heavy atom. The minimum Gasteiger partial charge on any atom is -0.444 e. The number of alkyl carbamates (subject to hydrolysis) is 2. The highest BCUT2D eigenvalue weighted by atomic mass is 16.6. The van der Waals surface area contributed by atoms with Gasteiger partial charge in [-0.3, -0.25) is 4.90 Å². The van der Waals surface area contributed by atoms with Crippen LogP contribution in [0.15, 0.2) is 54.6 Å². The van der Waals surface area contributed by atoms with E-state index in [0.717, 1.165) is 25.2 Å². The minimum absolute atomic E-state index is 0.232. The lowest BCUT2D eigenvalue weighted by Gasteiger charge is -2.23. The predicted octanol–water partition coefficient (Wildman–Crippen LogP) is 5.45. The molecule has 36 heavy (non-hydrogen) atoms. The fraction of sp³-hybridized carbons (Fsp3) is 0.517. The van der Waals surface area contributed by atoms with Gasteiger partial charge < -0.3 is 20.1 Å². The van der Waals surface area contributed by atoms with Crippen molar-refractivity contribution < 1.29 is 19.1 Å². The Morgan fingerprint density at radius 1 is 0.833 bits per heavy atom. The second kappa shape index (κ2) is 11.8. The van der Waals surface area contributed by atoms with E-state index in [1.165, 1.54) is 11.1 Å². The first-order valence-corrected chi connectivity index (χ1v) is 12.7. The summed E-state index contributed by atoms with van der Waals surface area (Å²) in [7, 11) is 0. The van der Waals surface area contributed by atoms with Gasteiger partial charge in [0.15, 0.2) is 0 Å². The van der Waals surface area contributed by atoms with Gasteiger partial charge in [-0.15, -0.1) is 0 Å². The van der Waals surface area contributed by atoms with Crippen molar-refractivity contribution in [2.45, 2.75) is 71.8 Å². The van der Waals surface area contributed by atoms with E-state index < -0.39 is 23.4 Å². The molecule has 1 aliphatic rings. The maximum Gasteiger partial charge on any atom is 0.407 e. The van der Waals surface area contributed by atoms with Crippen molar-refractivity contribution in [3.05, 3.63) is 71.3 Å². The largest absolute Gasteiger partial charge is 0.444 e. The fourth-order valence-corrected chi connectivity index (χ4v) is 4.47. The molecular formula is C29H41N3O4. The van der Waals surface area contributed by atoms with E-state index in [1.54, 1.807) is 0 Å². The highest BCUT2D eigenvalue weighted by Crippen LogP contribution is 2.34. The average molecular weight is 496 g/mol. The Hall–Kier alpha value is -3.06. The minimum atomic E-state index is -0.535. The van der Waals surface area contributed by atoms with Gasteiger partial charge in [-0.25, -0.2) is 9.59 Å². The summed E-state index contributed by atoms with van der Waals surface area (Å²) >= 11 is 0. The van der Waals surface area contributed by atoms with Gasteiger partial charge in [0.1, 0.15) is 11.2 Å². The lowest BCUT2D eigenvalue weighted by Crippen LogP contribution is -2.36. The summed E-state index contributed by atoms with van der Waals surface area (Å²) in [5, 5.41) is 5.82. The van der Waals surface area contributed by atoms with E-state index in [1.807, 2.05) is 59.7 Å². The standard InChI is InChI=1S/C29H41N3O4/c1-28(2,3)35-26(33)30-16-22-13-10-14-23(15-22)25-20-32(18-21-11-8-7-9-12-21)19-24(25)17-31-27(34)36-29(4,5)6/h7-15,24-25H,16-20H2,1-6H3,(H,30,33)(H,31,34)/t24-,25+/m0/s1. The number of nitrogens with zero attached hydrogens (tertiary/aromatic N) is 1. The summed E-state index contributed by atoms with van der Waals surface area (Å²) in [6, 6.07) is 18.8. The van der Waals surface area contributed by atoms with E-state index >= 15 is 0 Å². The van der Waals surface area contributed by atoms with Crippen LogP contribution >= 0.6 is 0 Å². The summed E-state index contributed by atoms with van der Waals surface area (Å²) in [6.45, 7) is 14.7. The number of rotatable bonds is 7. The van der Waals surface area contributed by atoms with Gasteiger partial charge in [-0.2, -0.15) is 0 Å². The van der Waals surface area contributed by atoms with E-state index in [2.05, 4.69) is 51.9 Å². The second-order valence-electron chi connectivity index (χ2n) is 11.5. The molecule has 0 unspecified atom stereocenters. The summed E-state index contributed by atoms with van der Waals surface area (Å²) in [4.78, 5) is 26.9. The van der Waals surface area contributed by atoms with E-state index in [-0.39, 0.29) is 11.8 Å². The molecule has 7 nitrogen and oxygen atoms in total. The number of benzene rings is 2. The fourth-order valence-electron chi connectivity index (χ4n) is 4.47. The van der Waals surface area contributed by atoms with Crippen LogP contribution in [-0.2, 0) is 22.6 Å². The molecule has 7 heteroatoms. The number of carbonyl (C=O) groups is 2. The van der Waals surface area contributed by atoms with Crippen molar-refractivity contribution in [3.63, 3.8) is 0 Å². The van der Waals surface area contributed by atoms with E-state index in [9.17, 15) is 9.59 Å². The van der Waals surface area contributed by atoms with Crippen molar-refractivity contribution >= 4 is 12.2 Å². The number of ether oxygens (including phenoxy) is 2. The molecule has 2 aromatic carbocycles. The lowest BCUT2D eigenvalue weighted by atomic mass is 9.88. The molecule has 1 heterocycles. The van der Waals surface area contributed by atoms with Crippen LogP contribution < -0.4 is 10.6 Å².